The number of hydrogen-bond donors (Lipinski definition) is 4. The Kier molecular flexibility index (Phi) is 7.14. The molecule has 3 amide bonds. The lowest BCUT2D eigenvalue weighted by Crippen LogP contribution is -2.61. The van der Waals surface area contributed by atoms with E-state index in [0.717, 1.165) is 22.1 Å². The molecule has 2 aromatic rings. The Labute approximate surface area is 241 Å². The number of amides is 3. The number of nitrogens with zero attached hydrogens (tertiary/aromatic N) is 2. The quantitative estimate of drug-likeness (QED) is 0.206. The van der Waals surface area contributed by atoms with Crippen molar-refractivity contribution < 1.29 is 38.1 Å². The monoisotopic (exact) mass is 583 g/mol. The molecule has 1 aromatic carbocycles. The van der Waals surface area contributed by atoms with E-state index in [4.69, 9.17) is 20.2 Å². The number of nitrogens with two attached hydrogens (primary N) is 1. The third-order valence-electron chi connectivity index (χ3n) is 9.42. The van der Waals surface area contributed by atoms with Gasteiger partial charge in [0.05, 0.1) is 35.8 Å². The number of ether oxygens (including phenoxy) is 2. The Morgan fingerprint density at radius 1 is 1.31 bits per heavy atom. The van der Waals surface area contributed by atoms with Gasteiger partial charge in [0.1, 0.15) is 25.8 Å². The third kappa shape index (κ3) is 4.33. The average Bonchev–Trinajstić information content (AvgIpc) is 3.35. The Morgan fingerprint density at radius 2 is 2.10 bits per heavy atom. The summed E-state index contributed by atoms with van der Waals surface area (Å²) in [6.07, 6.45) is 1.43. The van der Waals surface area contributed by atoms with Gasteiger partial charge in [-0.25, -0.2) is 9.18 Å². The minimum atomic E-state index is -1.78. The SMILES string of the molecule is CC[C@@]1(O)C(=O)OCC2C(=O)N3Cc4c(nc5cc(F)c(C)c6c5c4[C@@H](NC(=O)COCNC(=O)CN)CC6)C3CC21. The lowest BCUT2D eigenvalue weighted by Gasteiger charge is -2.48. The lowest BCUT2D eigenvalue weighted by molar-refractivity contribution is -0.202. The third-order valence-corrected chi connectivity index (χ3v) is 9.42. The van der Waals surface area contributed by atoms with E-state index in [2.05, 4.69) is 10.6 Å². The van der Waals surface area contributed by atoms with Crippen LogP contribution in [0.15, 0.2) is 6.07 Å². The van der Waals surface area contributed by atoms with Crippen LogP contribution >= 0.6 is 0 Å². The number of hydrogen-bond acceptors (Lipinski definition) is 9. The summed E-state index contributed by atoms with van der Waals surface area (Å²) in [5.41, 5.74) is 7.45. The number of rotatable bonds is 7. The van der Waals surface area contributed by atoms with Crippen molar-refractivity contribution in [3.63, 3.8) is 0 Å². The summed E-state index contributed by atoms with van der Waals surface area (Å²) in [7, 11) is 0. The van der Waals surface area contributed by atoms with Crippen molar-refractivity contribution in [2.45, 2.75) is 63.8 Å². The minimum absolute atomic E-state index is 0.0918. The number of cyclic esters (lactones) is 1. The molecular weight excluding hydrogens is 549 g/mol. The number of fused-ring (bicyclic) bond motifs is 5. The van der Waals surface area contributed by atoms with E-state index in [9.17, 15) is 24.3 Å². The zero-order chi connectivity index (χ0) is 29.9. The topological polar surface area (TPSA) is 173 Å². The molecule has 2 saturated heterocycles. The van der Waals surface area contributed by atoms with E-state index in [1.54, 1.807) is 18.7 Å². The maximum atomic E-state index is 15.1. The van der Waals surface area contributed by atoms with Gasteiger partial charge in [0, 0.05) is 29.5 Å². The maximum Gasteiger partial charge on any atom is 0.338 e. The average molecular weight is 584 g/mol. The first-order chi connectivity index (χ1) is 20.1. The molecule has 3 unspecified atom stereocenters. The van der Waals surface area contributed by atoms with Gasteiger partial charge in [-0.05, 0) is 49.3 Å². The van der Waals surface area contributed by atoms with Crippen LogP contribution in [0, 0.1) is 24.6 Å². The molecule has 0 bridgehead atoms. The fourth-order valence-corrected chi connectivity index (χ4v) is 7.21. The first kappa shape index (κ1) is 28.4. The van der Waals surface area contributed by atoms with Crippen molar-refractivity contribution in [1.29, 1.82) is 0 Å². The van der Waals surface area contributed by atoms with Gasteiger partial charge in [0.2, 0.25) is 17.7 Å². The van der Waals surface area contributed by atoms with Crippen molar-refractivity contribution in [3.8, 4) is 0 Å². The van der Waals surface area contributed by atoms with Crippen LogP contribution in [0.5, 0.6) is 0 Å². The molecule has 5 atom stereocenters. The second-order valence-electron chi connectivity index (χ2n) is 11.5. The second kappa shape index (κ2) is 10.5. The van der Waals surface area contributed by atoms with Crippen LogP contribution in [0.3, 0.4) is 0 Å². The van der Waals surface area contributed by atoms with Gasteiger partial charge in [-0.3, -0.25) is 19.4 Å². The molecular formula is C29H34FN5O7. The largest absolute Gasteiger partial charge is 0.463 e. The minimum Gasteiger partial charge on any atom is -0.463 e. The van der Waals surface area contributed by atoms with Crippen molar-refractivity contribution in [1.82, 2.24) is 20.5 Å². The normalized spacial score (nSPS) is 27.7. The fourth-order valence-electron chi connectivity index (χ4n) is 7.21. The molecule has 3 aliphatic heterocycles. The van der Waals surface area contributed by atoms with Crippen LogP contribution in [-0.4, -0.2) is 70.8 Å². The summed E-state index contributed by atoms with van der Waals surface area (Å²) < 4.78 is 25.6. The molecule has 0 saturated carbocycles. The van der Waals surface area contributed by atoms with Crippen LogP contribution < -0.4 is 16.4 Å². The number of carbonyl (C=O) groups is 4. The Bertz CT molecular complexity index is 1520. The Balaban J connectivity index is 1.38. The number of piperidine rings is 1. The molecule has 4 aliphatic rings. The summed E-state index contributed by atoms with van der Waals surface area (Å²) in [6.45, 7) is 2.91. The highest BCUT2D eigenvalue weighted by atomic mass is 19.1. The molecule has 4 heterocycles. The lowest BCUT2D eigenvalue weighted by atomic mass is 9.69. The van der Waals surface area contributed by atoms with Crippen molar-refractivity contribution >= 4 is 34.6 Å². The smallest absolute Gasteiger partial charge is 0.338 e. The molecule has 13 heteroatoms. The van der Waals surface area contributed by atoms with Crippen molar-refractivity contribution in [2.75, 3.05) is 26.5 Å². The number of esters is 1. The van der Waals surface area contributed by atoms with Gasteiger partial charge in [0.25, 0.3) is 0 Å². The second-order valence-corrected chi connectivity index (χ2v) is 11.5. The molecule has 5 N–H and O–H groups in total. The van der Waals surface area contributed by atoms with Gasteiger partial charge in [0.15, 0.2) is 5.60 Å². The highest BCUT2D eigenvalue weighted by Gasteiger charge is 2.59. The highest BCUT2D eigenvalue weighted by Crippen LogP contribution is 2.52. The number of aryl methyl sites for hydroxylation is 1. The van der Waals surface area contributed by atoms with E-state index in [1.807, 2.05) is 0 Å². The number of nitrogens with one attached hydrogen (secondary N) is 2. The summed E-state index contributed by atoms with van der Waals surface area (Å²) in [5, 5.41) is 17.5. The number of aromatic nitrogens is 1. The first-order valence-corrected chi connectivity index (χ1v) is 14.3. The van der Waals surface area contributed by atoms with Crippen molar-refractivity contribution in [3.05, 3.63) is 39.8 Å². The zero-order valence-corrected chi connectivity index (χ0v) is 23.5. The fraction of sp³-hybridized carbons (Fsp3) is 0.552. The van der Waals surface area contributed by atoms with Gasteiger partial charge in [-0.1, -0.05) is 6.92 Å². The first-order valence-electron chi connectivity index (χ1n) is 14.3. The van der Waals surface area contributed by atoms with Gasteiger partial charge in [-0.15, -0.1) is 0 Å². The summed E-state index contributed by atoms with van der Waals surface area (Å²) in [6, 6.07) is 0.425. The zero-order valence-electron chi connectivity index (χ0n) is 23.5. The Morgan fingerprint density at radius 3 is 2.83 bits per heavy atom. The van der Waals surface area contributed by atoms with Crippen molar-refractivity contribution in [2.24, 2.45) is 17.6 Å². The molecule has 42 heavy (non-hydrogen) atoms. The highest BCUT2D eigenvalue weighted by molar-refractivity contribution is 5.92. The number of halogens is 1. The van der Waals surface area contributed by atoms with Crippen LogP contribution in [0.2, 0.25) is 0 Å². The van der Waals surface area contributed by atoms with E-state index in [0.29, 0.717) is 36.0 Å². The molecule has 224 valence electrons. The molecule has 1 aromatic heterocycles. The molecule has 0 spiro atoms. The Hall–Kier alpha value is -3.68. The van der Waals surface area contributed by atoms with Gasteiger partial charge >= 0.3 is 5.97 Å². The molecule has 1 aliphatic carbocycles. The van der Waals surface area contributed by atoms with Crippen LogP contribution in [0.1, 0.15) is 66.2 Å². The maximum absolute atomic E-state index is 15.1. The number of aliphatic hydroxyl groups is 1. The summed E-state index contributed by atoms with van der Waals surface area (Å²) in [4.78, 5) is 57.2. The van der Waals surface area contributed by atoms with Gasteiger partial charge < -0.3 is 35.8 Å². The molecule has 2 fully saturated rings. The predicted molar refractivity (Wildman–Crippen MR) is 145 cm³/mol. The summed E-state index contributed by atoms with van der Waals surface area (Å²) >= 11 is 0. The molecule has 6 rings (SSSR count). The number of carbonyl (C=O) groups excluding carboxylic acids is 4. The van der Waals surface area contributed by atoms with E-state index < -0.39 is 47.3 Å². The predicted octanol–water partition coefficient (Wildman–Crippen LogP) is 0.552. The van der Waals surface area contributed by atoms with E-state index in [-0.39, 0.29) is 51.2 Å². The molecule has 0 radical (unpaired) electrons. The van der Waals surface area contributed by atoms with E-state index in [1.165, 1.54) is 6.07 Å². The number of benzene rings is 1. The molecule has 12 nitrogen and oxygen atoms in total. The van der Waals surface area contributed by atoms with E-state index >= 15 is 4.39 Å². The standard InChI is InChI=1S/C29H34FN5O7/c1-3-29(40)17-6-21-26-15(9-35(21)27(38)16(17)10-42-28(29)39)25-19(33-23(37)11-41-12-32-22(36)8-31)5-4-14-13(2)18(30)7-20(34-26)24(14)25/h7,16-17,19,21,40H,3-6,8-12,31H2,1-2H3,(H,32,36)(H,33,37)/t16?,17?,19-,21?,29-/m0/s1. The van der Waals surface area contributed by atoms with Crippen LogP contribution in [-0.2, 0) is 41.6 Å². The number of pyridine rings is 1. The van der Waals surface area contributed by atoms with Crippen LogP contribution in [0.25, 0.3) is 10.9 Å². The van der Waals surface area contributed by atoms with Gasteiger partial charge in [-0.2, -0.15) is 0 Å². The summed E-state index contributed by atoms with van der Waals surface area (Å²) in [5.74, 6) is -3.45. The van der Waals surface area contributed by atoms with Crippen LogP contribution in [0.4, 0.5) is 4.39 Å².